The number of nitrogens with one attached hydrogen (secondary N) is 2. The lowest BCUT2D eigenvalue weighted by molar-refractivity contribution is -0.127. The molecule has 1 saturated heterocycles. The molecule has 20 heavy (non-hydrogen) atoms. The number of likely N-dealkylation sites (tertiary alicyclic amines) is 1. The van der Waals surface area contributed by atoms with Gasteiger partial charge in [0.25, 0.3) is 0 Å². The molecule has 0 aliphatic carbocycles. The first kappa shape index (κ1) is 16.5. The number of nitrogens with zero attached hydrogens (tertiary/aromatic N) is 1. The summed E-state index contributed by atoms with van der Waals surface area (Å²) in [6.07, 6.45) is -3.25. The standard InChI is InChI=1S/C11H19F3N4O2/c12-11(13,14)7-17-10(20)18-5-1-2-8(6-18)9(19)16-4-3-15/h8H,1-7,15H2,(H,16,19)(H,17,20). The van der Waals surface area contributed by atoms with E-state index in [2.05, 4.69) is 5.32 Å². The lowest BCUT2D eigenvalue weighted by atomic mass is 9.97. The van der Waals surface area contributed by atoms with Crippen LogP contribution >= 0.6 is 0 Å². The van der Waals surface area contributed by atoms with E-state index in [0.717, 1.165) is 0 Å². The van der Waals surface area contributed by atoms with Crippen molar-refractivity contribution in [2.45, 2.75) is 19.0 Å². The van der Waals surface area contributed by atoms with Crippen LogP contribution in [0.3, 0.4) is 0 Å². The molecular formula is C11H19F3N4O2. The predicted molar refractivity (Wildman–Crippen MR) is 65.8 cm³/mol. The van der Waals surface area contributed by atoms with Crippen LogP contribution in [0.25, 0.3) is 0 Å². The molecule has 1 aliphatic heterocycles. The first-order valence-electron chi connectivity index (χ1n) is 6.41. The largest absolute Gasteiger partial charge is 0.405 e. The molecule has 0 aromatic heterocycles. The van der Waals surface area contributed by atoms with E-state index in [1.54, 1.807) is 5.32 Å². The van der Waals surface area contributed by atoms with Gasteiger partial charge in [-0.3, -0.25) is 4.79 Å². The Labute approximate surface area is 114 Å². The highest BCUT2D eigenvalue weighted by Crippen LogP contribution is 2.17. The SMILES string of the molecule is NCCNC(=O)C1CCCN(C(=O)NCC(F)(F)F)C1. The Kier molecular flexibility index (Phi) is 6.05. The van der Waals surface area contributed by atoms with Crippen molar-refractivity contribution in [1.29, 1.82) is 0 Å². The molecule has 0 spiro atoms. The fourth-order valence-corrected chi connectivity index (χ4v) is 2.00. The van der Waals surface area contributed by atoms with E-state index in [9.17, 15) is 22.8 Å². The molecule has 0 aromatic carbocycles. The van der Waals surface area contributed by atoms with E-state index in [1.807, 2.05) is 0 Å². The molecule has 4 N–H and O–H groups in total. The van der Waals surface area contributed by atoms with E-state index in [1.165, 1.54) is 4.90 Å². The van der Waals surface area contributed by atoms with Gasteiger partial charge >= 0.3 is 12.2 Å². The maximum Gasteiger partial charge on any atom is 0.405 e. The number of carbonyl (C=O) groups excluding carboxylic acids is 2. The van der Waals surface area contributed by atoms with Gasteiger partial charge < -0.3 is 21.3 Å². The van der Waals surface area contributed by atoms with Crippen LogP contribution in [0.1, 0.15) is 12.8 Å². The van der Waals surface area contributed by atoms with E-state index >= 15 is 0 Å². The number of carbonyl (C=O) groups is 2. The quantitative estimate of drug-likeness (QED) is 0.685. The molecule has 0 radical (unpaired) electrons. The van der Waals surface area contributed by atoms with Gasteiger partial charge in [0.2, 0.25) is 5.91 Å². The normalized spacial score (nSPS) is 19.6. The third-order valence-corrected chi connectivity index (χ3v) is 2.96. The number of hydrogen-bond acceptors (Lipinski definition) is 3. The van der Waals surface area contributed by atoms with Gasteiger partial charge in [-0.1, -0.05) is 0 Å². The molecule has 1 rings (SSSR count). The average Bonchev–Trinajstić information content (AvgIpc) is 2.41. The van der Waals surface area contributed by atoms with Crippen LogP contribution in [0.5, 0.6) is 0 Å². The molecule has 6 nitrogen and oxygen atoms in total. The van der Waals surface area contributed by atoms with Gasteiger partial charge in [0.1, 0.15) is 6.54 Å². The summed E-state index contributed by atoms with van der Waals surface area (Å²) in [5.41, 5.74) is 5.27. The van der Waals surface area contributed by atoms with Crippen molar-refractivity contribution in [3.8, 4) is 0 Å². The summed E-state index contributed by atoms with van der Waals surface area (Å²) in [6, 6.07) is -0.793. The maximum atomic E-state index is 12.0. The Bertz CT molecular complexity index is 349. The minimum Gasteiger partial charge on any atom is -0.355 e. The Hall–Kier alpha value is -1.51. The third-order valence-electron chi connectivity index (χ3n) is 2.96. The first-order valence-corrected chi connectivity index (χ1v) is 6.41. The highest BCUT2D eigenvalue weighted by Gasteiger charge is 2.31. The van der Waals surface area contributed by atoms with Crippen molar-refractivity contribution >= 4 is 11.9 Å². The van der Waals surface area contributed by atoms with Crippen LogP contribution in [0.15, 0.2) is 0 Å². The molecule has 1 fully saturated rings. The summed E-state index contributed by atoms with van der Waals surface area (Å²) < 4.78 is 36.1. The number of nitrogens with two attached hydrogens (primary N) is 1. The highest BCUT2D eigenvalue weighted by atomic mass is 19.4. The molecule has 1 aliphatic rings. The number of piperidine rings is 1. The smallest absolute Gasteiger partial charge is 0.355 e. The highest BCUT2D eigenvalue weighted by molar-refractivity contribution is 5.80. The summed E-state index contributed by atoms with van der Waals surface area (Å²) in [5, 5.41) is 4.42. The number of alkyl halides is 3. The molecular weight excluding hydrogens is 277 g/mol. The fourth-order valence-electron chi connectivity index (χ4n) is 2.00. The Balaban J connectivity index is 2.43. The second kappa shape index (κ2) is 7.32. The van der Waals surface area contributed by atoms with Gasteiger partial charge in [-0.2, -0.15) is 13.2 Å². The summed E-state index contributed by atoms with van der Waals surface area (Å²) >= 11 is 0. The molecule has 1 heterocycles. The van der Waals surface area contributed by atoms with Crippen molar-refractivity contribution < 1.29 is 22.8 Å². The van der Waals surface area contributed by atoms with Crippen LogP contribution < -0.4 is 16.4 Å². The molecule has 1 atom stereocenters. The Morgan fingerprint density at radius 1 is 1.30 bits per heavy atom. The minimum absolute atomic E-state index is 0.125. The zero-order chi connectivity index (χ0) is 15.2. The maximum absolute atomic E-state index is 12.0. The van der Waals surface area contributed by atoms with Gasteiger partial charge in [-0.25, -0.2) is 4.79 Å². The Morgan fingerprint density at radius 2 is 2.00 bits per heavy atom. The van der Waals surface area contributed by atoms with Gasteiger partial charge in [0.15, 0.2) is 0 Å². The lowest BCUT2D eigenvalue weighted by Gasteiger charge is -2.32. The molecule has 0 aromatic rings. The number of urea groups is 1. The topological polar surface area (TPSA) is 87.5 Å². The van der Waals surface area contributed by atoms with Crippen LogP contribution in [0, 0.1) is 5.92 Å². The van der Waals surface area contributed by atoms with Gasteiger partial charge in [-0.15, -0.1) is 0 Å². The summed E-state index contributed by atoms with van der Waals surface area (Å²) in [4.78, 5) is 24.6. The number of amides is 3. The van der Waals surface area contributed by atoms with Crippen molar-refractivity contribution in [3.63, 3.8) is 0 Å². The minimum atomic E-state index is -4.44. The van der Waals surface area contributed by atoms with Crippen LogP contribution in [-0.4, -0.2) is 55.7 Å². The monoisotopic (exact) mass is 296 g/mol. The third kappa shape index (κ3) is 5.64. The zero-order valence-electron chi connectivity index (χ0n) is 11.0. The van der Waals surface area contributed by atoms with Crippen LogP contribution in [0.2, 0.25) is 0 Å². The van der Waals surface area contributed by atoms with Gasteiger partial charge in [0.05, 0.1) is 5.92 Å². The van der Waals surface area contributed by atoms with Crippen molar-refractivity contribution in [2.24, 2.45) is 11.7 Å². The lowest BCUT2D eigenvalue weighted by Crippen LogP contribution is -2.50. The number of rotatable bonds is 4. The zero-order valence-corrected chi connectivity index (χ0v) is 11.0. The fraction of sp³-hybridized carbons (Fsp3) is 0.818. The van der Waals surface area contributed by atoms with E-state index in [0.29, 0.717) is 32.5 Å². The van der Waals surface area contributed by atoms with Crippen molar-refractivity contribution in [1.82, 2.24) is 15.5 Å². The summed E-state index contributed by atoms with van der Waals surface area (Å²) in [6.45, 7) is -0.235. The number of hydrogen-bond donors (Lipinski definition) is 3. The molecule has 116 valence electrons. The molecule has 9 heteroatoms. The van der Waals surface area contributed by atoms with E-state index < -0.39 is 24.7 Å². The Morgan fingerprint density at radius 3 is 2.60 bits per heavy atom. The summed E-state index contributed by atoms with van der Waals surface area (Å²) in [7, 11) is 0. The van der Waals surface area contributed by atoms with Crippen LogP contribution in [0.4, 0.5) is 18.0 Å². The van der Waals surface area contributed by atoms with Gasteiger partial charge in [0, 0.05) is 26.2 Å². The first-order chi connectivity index (χ1) is 9.33. The van der Waals surface area contributed by atoms with Crippen LogP contribution in [-0.2, 0) is 4.79 Å². The molecule has 3 amide bonds. The van der Waals surface area contributed by atoms with E-state index in [4.69, 9.17) is 5.73 Å². The molecule has 0 saturated carbocycles. The second-order valence-corrected chi connectivity index (χ2v) is 4.64. The van der Waals surface area contributed by atoms with E-state index in [-0.39, 0.29) is 12.5 Å². The average molecular weight is 296 g/mol. The van der Waals surface area contributed by atoms with Gasteiger partial charge in [-0.05, 0) is 12.8 Å². The molecule has 0 bridgehead atoms. The number of halogens is 3. The summed E-state index contributed by atoms with van der Waals surface area (Å²) in [5.74, 6) is -0.615. The van der Waals surface area contributed by atoms with Crippen molar-refractivity contribution in [2.75, 3.05) is 32.7 Å². The predicted octanol–water partition coefficient (Wildman–Crippen LogP) is 0.0452. The second-order valence-electron chi connectivity index (χ2n) is 4.64. The molecule has 1 unspecified atom stereocenters. The van der Waals surface area contributed by atoms with Crippen molar-refractivity contribution in [3.05, 3.63) is 0 Å².